The fourth-order valence-electron chi connectivity index (χ4n) is 4.28. The van der Waals surface area contributed by atoms with Crippen molar-refractivity contribution >= 4 is 44.1 Å². The van der Waals surface area contributed by atoms with Crippen LogP contribution in [0.5, 0.6) is 0 Å². The molecule has 5 rings (SSSR count). The van der Waals surface area contributed by atoms with E-state index in [4.69, 9.17) is 4.74 Å². The van der Waals surface area contributed by atoms with Crippen LogP contribution in [0.2, 0.25) is 0 Å². The molecule has 2 fully saturated rings. The summed E-state index contributed by atoms with van der Waals surface area (Å²) in [4.78, 5) is 23.9. The summed E-state index contributed by atoms with van der Waals surface area (Å²) in [5.74, 6) is -4.64. The molecular formula is C23H25F2N5O4S. The van der Waals surface area contributed by atoms with Crippen LogP contribution in [0.4, 0.5) is 26.0 Å². The van der Waals surface area contributed by atoms with Crippen LogP contribution in [0, 0.1) is 12.8 Å². The summed E-state index contributed by atoms with van der Waals surface area (Å²) in [5.41, 5.74) is 2.22. The van der Waals surface area contributed by atoms with Crippen molar-refractivity contribution in [2.75, 3.05) is 23.5 Å². The van der Waals surface area contributed by atoms with E-state index in [1.807, 2.05) is 6.07 Å². The van der Waals surface area contributed by atoms with Gasteiger partial charge in [-0.2, -0.15) is 0 Å². The van der Waals surface area contributed by atoms with Gasteiger partial charge in [-0.05, 0) is 43.9 Å². The number of fused-ring (bicyclic) bond motifs is 1. The van der Waals surface area contributed by atoms with Crippen molar-refractivity contribution in [3.63, 3.8) is 0 Å². The second kappa shape index (κ2) is 8.52. The lowest BCUT2D eigenvalue weighted by molar-refractivity contribution is -0.119. The number of halogens is 2. The van der Waals surface area contributed by atoms with Gasteiger partial charge in [-0.1, -0.05) is 6.07 Å². The van der Waals surface area contributed by atoms with Crippen LogP contribution in [0.15, 0.2) is 29.2 Å². The van der Waals surface area contributed by atoms with E-state index in [9.17, 15) is 22.0 Å². The van der Waals surface area contributed by atoms with Gasteiger partial charge in [-0.15, -0.1) is 0 Å². The van der Waals surface area contributed by atoms with E-state index >= 15 is 0 Å². The highest BCUT2D eigenvalue weighted by Gasteiger charge is 2.61. The molecule has 2 aromatic heterocycles. The number of ether oxygens (including phenoxy) is 1. The Morgan fingerprint density at radius 1 is 1.20 bits per heavy atom. The number of hydrogen-bond donors (Lipinski definition) is 3. The predicted molar refractivity (Wildman–Crippen MR) is 126 cm³/mol. The third-order valence-corrected chi connectivity index (χ3v) is 7.34. The summed E-state index contributed by atoms with van der Waals surface area (Å²) < 4.78 is 57.8. The van der Waals surface area contributed by atoms with Crippen LogP contribution in [0.1, 0.15) is 43.2 Å². The Morgan fingerprint density at radius 3 is 2.63 bits per heavy atom. The molecule has 1 aliphatic heterocycles. The lowest BCUT2D eigenvalue weighted by atomic mass is 10.0. The largest absolute Gasteiger partial charge is 0.374 e. The monoisotopic (exact) mass is 505 g/mol. The number of anilines is 3. The Hall–Kier alpha value is -3.12. The highest BCUT2D eigenvalue weighted by Crippen LogP contribution is 2.49. The molecule has 2 unspecified atom stereocenters. The quantitative estimate of drug-likeness (QED) is 0.457. The van der Waals surface area contributed by atoms with E-state index in [-0.39, 0.29) is 22.5 Å². The Bertz CT molecular complexity index is 1420. The molecule has 0 radical (unpaired) electrons. The molecule has 186 valence electrons. The number of alkyl halides is 2. The van der Waals surface area contributed by atoms with Crippen molar-refractivity contribution in [3.05, 3.63) is 35.7 Å². The van der Waals surface area contributed by atoms with E-state index in [0.717, 1.165) is 31.1 Å². The summed E-state index contributed by atoms with van der Waals surface area (Å²) >= 11 is 0. The number of pyridine rings is 1. The lowest BCUT2D eigenvalue weighted by Crippen LogP contribution is -2.18. The summed E-state index contributed by atoms with van der Waals surface area (Å²) in [7, 11) is -3.62. The molecule has 9 nitrogen and oxygen atoms in total. The number of nitrogens with one attached hydrogen (secondary N) is 3. The van der Waals surface area contributed by atoms with Crippen molar-refractivity contribution < 1.29 is 26.7 Å². The van der Waals surface area contributed by atoms with Crippen LogP contribution >= 0.6 is 0 Å². The number of hydrogen-bond acceptors (Lipinski definition) is 7. The minimum Gasteiger partial charge on any atom is -0.374 e. The predicted octanol–water partition coefficient (Wildman–Crippen LogP) is 4.25. The van der Waals surface area contributed by atoms with Gasteiger partial charge in [0, 0.05) is 25.3 Å². The number of nitrogens with zero attached hydrogens (tertiary/aromatic N) is 2. The molecule has 3 N–H and O–H groups in total. The molecule has 0 bridgehead atoms. The number of rotatable bonds is 6. The molecule has 1 saturated carbocycles. The SMILES string of the molecule is Cc1nc2nc(NC(=O)C3CC3(F)F)cc(Nc3ccc(C4CCCCO4)cc3S(C)(=O)=O)c2[nH]1. The number of imidazole rings is 1. The maximum absolute atomic E-state index is 13.3. The van der Waals surface area contributed by atoms with Gasteiger partial charge >= 0.3 is 0 Å². The fraction of sp³-hybridized carbons (Fsp3) is 0.435. The van der Waals surface area contributed by atoms with Gasteiger partial charge in [0.25, 0.3) is 5.92 Å². The van der Waals surface area contributed by atoms with Crippen LogP contribution in [0.3, 0.4) is 0 Å². The second-order valence-corrected chi connectivity index (χ2v) is 11.1. The van der Waals surface area contributed by atoms with Crippen molar-refractivity contribution in [3.8, 4) is 0 Å². The molecule has 2 aliphatic rings. The van der Waals surface area contributed by atoms with Crippen molar-refractivity contribution in [1.82, 2.24) is 15.0 Å². The standard InChI is InChI=1S/C23H25F2N5O4S/c1-12-26-20-16(10-19(29-21(20)27-12)30-22(31)14-11-23(14,24)25)28-15-7-6-13(9-18(15)35(2,32)33)17-5-3-4-8-34-17/h6-7,9-10,14,17H,3-5,8,11H2,1-2H3,(H3,26,27,28,29,30,31). The van der Waals surface area contributed by atoms with Crippen LogP contribution in [-0.2, 0) is 19.4 Å². The Morgan fingerprint density at radius 2 is 1.97 bits per heavy atom. The minimum atomic E-state index is -3.62. The molecule has 1 aromatic carbocycles. The first-order valence-electron chi connectivity index (χ1n) is 11.3. The summed E-state index contributed by atoms with van der Waals surface area (Å²) in [5, 5.41) is 5.53. The zero-order chi connectivity index (χ0) is 25.0. The average molecular weight is 506 g/mol. The first kappa shape index (κ1) is 23.6. The Labute approximate surface area is 200 Å². The maximum atomic E-state index is 13.3. The molecular weight excluding hydrogens is 480 g/mol. The number of H-pyrrole nitrogens is 1. The van der Waals surface area contributed by atoms with E-state index in [2.05, 4.69) is 25.6 Å². The number of amides is 1. The number of sulfone groups is 1. The van der Waals surface area contributed by atoms with Gasteiger partial charge in [0.2, 0.25) is 5.91 Å². The van der Waals surface area contributed by atoms with Crippen molar-refractivity contribution in [2.45, 2.75) is 49.5 Å². The first-order chi connectivity index (χ1) is 16.5. The van der Waals surface area contributed by atoms with Crippen LogP contribution in [-0.4, -0.2) is 48.1 Å². The van der Waals surface area contributed by atoms with Gasteiger partial charge < -0.3 is 20.4 Å². The summed E-state index contributed by atoms with van der Waals surface area (Å²) in [6.07, 6.45) is 3.27. The number of carbonyl (C=O) groups is 1. The van der Waals surface area contributed by atoms with E-state index < -0.39 is 34.0 Å². The molecule has 2 atom stereocenters. The molecule has 35 heavy (non-hydrogen) atoms. The number of aromatic amines is 1. The van der Waals surface area contributed by atoms with Crippen LogP contribution < -0.4 is 10.6 Å². The molecule has 1 saturated heterocycles. The van der Waals surface area contributed by atoms with Gasteiger partial charge in [-0.3, -0.25) is 4.79 Å². The fourth-order valence-corrected chi connectivity index (χ4v) is 5.14. The number of carbonyl (C=O) groups excluding carboxylic acids is 1. The zero-order valence-corrected chi connectivity index (χ0v) is 20.0. The van der Waals surface area contributed by atoms with Crippen molar-refractivity contribution in [1.29, 1.82) is 0 Å². The third kappa shape index (κ3) is 4.85. The smallest absolute Gasteiger partial charge is 0.260 e. The second-order valence-electron chi connectivity index (χ2n) is 9.09. The van der Waals surface area contributed by atoms with E-state index in [1.165, 1.54) is 6.07 Å². The minimum absolute atomic E-state index is 0.0346. The summed E-state index contributed by atoms with van der Waals surface area (Å²) in [6.45, 7) is 2.35. The first-order valence-corrected chi connectivity index (χ1v) is 13.2. The summed E-state index contributed by atoms with van der Waals surface area (Å²) in [6, 6.07) is 6.56. The van der Waals surface area contributed by atoms with Gasteiger partial charge in [0.05, 0.1) is 22.4 Å². The molecule has 0 spiro atoms. The lowest BCUT2D eigenvalue weighted by Gasteiger charge is -2.24. The number of aryl methyl sites for hydroxylation is 1. The maximum Gasteiger partial charge on any atom is 0.260 e. The van der Waals surface area contributed by atoms with Gasteiger partial charge in [0.1, 0.15) is 23.1 Å². The molecule has 12 heteroatoms. The van der Waals surface area contributed by atoms with Gasteiger partial charge in [0.15, 0.2) is 15.5 Å². The highest BCUT2D eigenvalue weighted by atomic mass is 32.2. The number of benzene rings is 1. The van der Waals surface area contributed by atoms with E-state index in [1.54, 1.807) is 19.1 Å². The Kier molecular flexibility index (Phi) is 5.75. The molecule has 1 amide bonds. The average Bonchev–Trinajstić information content (AvgIpc) is 3.27. The van der Waals surface area contributed by atoms with E-state index in [0.29, 0.717) is 29.3 Å². The zero-order valence-electron chi connectivity index (χ0n) is 19.2. The van der Waals surface area contributed by atoms with Crippen molar-refractivity contribution in [2.24, 2.45) is 5.92 Å². The highest BCUT2D eigenvalue weighted by molar-refractivity contribution is 7.90. The normalized spacial score (nSPS) is 21.6. The topological polar surface area (TPSA) is 126 Å². The van der Waals surface area contributed by atoms with Crippen LogP contribution in [0.25, 0.3) is 11.2 Å². The third-order valence-electron chi connectivity index (χ3n) is 6.20. The Balaban J connectivity index is 1.51. The molecule has 3 heterocycles. The molecule has 3 aromatic rings. The van der Waals surface area contributed by atoms with Gasteiger partial charge in [-0.25, -0.2) is 27.2 Å². The molecule has 1 aliphatic carbocycles. The number of aromatic nitrogens is 3.